The van der Waals surface area contributed by atoms with Crippen LogP contribution in [0.4, 0.5) is 0 Å². The summed E-state index contributed by atoms with van der Waals surface area (Å²) in [5.41, 5.74) is -0.274. The average molecular weight is 256 g/mol. The van der Waals surface area contributed by atoms with Gasteiger partial charge in [0.2, 0.25) is 11.4 Å². The highest BCUT2D eigenvalue weighted by atomic mass is 35.5. The monoisotopic (exact) mass is 255 g/mol. The van der Waals surface area contributed by atoms with Crippen LogP contribution in [0.3, 0.4) is 0 Å². The van der Waals surface area contributed by atoms with Gasteiger partial charge in [-0.2, -0.15) is 0 Å². The third kappa shape index (κ3) is 4.87. The number of hydrogen-bond donors (Lipinski definition) is 1. The lowest BCUT2D eigenvalue weighted by molar-refractivity contribution is -0.144. The van der Waals surface area contributed by atoms with E-state index in [0.29, 0.717) is 0 Å². The first-order valence-corrected chi connectivity index (χ1v) is 5.71. The molecule has 0 bridgehead atoms. The lowest BCUT2D eigenvalue weighted by Gasteiger charge is -2.10. The van der Waals surface area contributed by atoms with Crippen LogP contribution in [0.5, 0.6) is 0 Å². The maximum absolute atomic E-state index is 11.5. The van der Waals surface area contributed by atoms with Crippen LogP contribution in [-0.2, 0) is 20.7 Å². The van der Waals surface area contributed by atoms with Gasteiger partial charge in [-0.25, -0.2) is 4.79 Å². The Morgan fingerprint density at radius 2 is 2.00 bits per heavy atom. The predicted octanol–water partition coefficient (Wildman–Crippen LogP) is 1.47. The van der Waals surface area contributed by atoms with Gasteiger partial charge < -0.3 is 10.1 Å². The van der Waals surface area contributed by atoms with Crippen molar-refractivity contribution in [2.45, 2.75) is 18.8 Å². The van der Waals surface area contributed by atoms with Gasteiger partial charge in [0.1, 0.15) is 0 Å². The maximum Gasteiger partial charge on any atom is 0.344 e. The molecule has 92 valence electrons. The quantitative estimate of drug-likeness (QED) is 0.493. The highest BCUT2D eigenvalue weighted by Crippen LogP contribution is 2.01. The average Bonchev–Trinajstić information content (AvgIpc) is 2.30. The fraction of sp³-hybridized carbons (Fsp3) is 0.333. The zero-order valence-electron chi connectivity index (χ0n) is 9.48. The lowest BCUT2D eigenvalue weighted by Crippen LogP contribution is -2.38. The van der Waals surface area contributed by atoms with Crippen molar-refractivity contribution in [1.82, 2.24) is 5.32 Å². The minimum atomic E-state index is -1.13. The molecule has 1 unspecified atom stereocenters. The van der Waals surface area contributed by atoms with Crippen LogP contribution in [0.15, 0.2) is 30.3 Å². The minimum Gasteiger partial charge on any atom is -0.464 e. The SMILES string of the molecule is CCOC(=O)C(Cl)NC(=O)Cc1ccccc1. The van der Waals surface area contributed by atoms with E-state index in [9.17, 15) is 9.59 Å². The third-order valence-electron chi connectivity index (χ3n) is 1.99. The summed E-state index contributed by atoms with van der Waals surface area (Å²) in [5, 5.41) is 2.36. The van der Waals surface area contributed by atoms with Gasteiger partial charge >= 0.3 is 5.97 Å². The summed E-state index contributed by atoms with van der Waals surface area (Å²) < 4.78 is 4.67. The van der Waals surface area contributed by atoms with E-state index in [1.165, 1.54) is 0 Å². The number of halogens is 1. The molecule has 1 N–H and O–H groups in total. The lowest BCUT2D eigenvalue weighted by atomic mass is 10.1. The van der Waals surface area contributed by atoms with E-state index in [0.717, 1.165) is 5.56 Å². The second kappa shape index (κ2) is 6.91. The fourth-order valence-corrected chi connectivity index (χ4v) is 1.43. The van der Waals surface area contributed by atoms with Gasteiger partial charge in [0.05, 0.1) is 13.0 Å². The number of amides is 1. The highest BCUT2D eigenvalue weighted by molar-refractivity contribution is 6.30. The van der Waals surface area contributed by atoms with Crippen molar-refractivity contribution in [1.29, 1.82) is 0 Å². The Labute approximate surface area is 105 Å². The van der Waals surface area contributed by atoms with Crippen molar-refractivity contribution in [2.24, 2.45) is 0 Å². The molecule has 0 aliphatic carbocycles. The van der Waals surface area contributed by atoms with Crippen LogP contribution < -0.4 is 5.32 Å². The van der Waals surface area contributed by atoms with Crippen LogP contribution in [0, 0.1) is 0 Å². The van der Waals surface area contributed by atoms with E-state index in [2.05, 4.69) is 10.1 Å². The molecule has 0 saturated carbocycles. The van der Waals surface area contributed by atoms with E-state index in [1.54, 1.807) is 6.92 Å². The van der Waals surface area contributed by atoms with Gasteiger partial charge in [-0.15, -0.1) is 0 Å². The summed E-state index contributed by atoms with van der Waals surface area (Å²) in [5.74, 6) is -0.958. The third-order valence-corrected chi connectivity index (χ3v) is 2.28. The zero-order valence-corrected chi connectivity index (χ0v) is 10.2. The zero-order chi connectivity index (χ0) is 12.7. The van der Waals surface area contributed by atoms with Gasteiger partial charge in [-0.05, 0) is 12.5 Å². The Hall–Kier alpha value is -1.55. The standard InChI is InChI=1S/C12H14ClNO3/c1-2-17-12(16)11(13)14-10(15)8-9-6-4-3-5-7-9/h3-7,11H,2,8H2,1H3,(H,14,15). The molecule has 0 saturated heterocycles. The van der Waals surface area contributed by atoms with Gasteiger partial charge in [0, 0.05) is 0 Å². The Bertz CT molecular complexity index is 381. The Balaban J connectivity index is 2.42. The molecule has 4 nitrogen and oxygen atoms in total. The van der Waals surface area contributed by atoms with Gasteiger partial charge in [0.15, 0.2) is 0 Å². The van der Waals surface area contributed by atoms with Gasteiger partial charge in [0.25, 0.3) is 0 Å². The van der Waals surface area contributed by atoms with Crippen molar-refractivity contribution in [3.05, 3.63) is 35.9 Å². The molecule has 1 aromatic rings. The van der Waals surface area contributed by atoms with E-state index in [-0.39, 0.29) is 18.9 Å². The first kappa shape index (κ1) is 13.5. The number of esters is 1. The minimum absolute atomic E-state index is 0.184. The molecule has 1 amide bonds. The first-order valence-electron chi connectivity index (χ1n) is 5.27. The summed E-state index contributed by atoms with van der Waals surface area (Å²) in [6.45, 7) is 1.91. The molecule has 0 heterocycles. The van der Waals surface area contributed by atoms with Crippen molar-refractivity contribution < 1.29 is 14.3 Å². The Kier molecular flexibility index (Phi) is 5.49. The van der Waals surface area contributed by atoms with Crippen molar-refractivity contribution >= 4 is 23.5 Å². The molecule has 17 heavy (non-hydrogen) atoms. The smallest absolute Gasteiger partial charge is 0.344 e. The van der Waals surface area contributed by atoms with Crippen LogP contribution in [0.1, 0.15) is 12.5 Å². The molecule has 0 aromatic heterocycles. The maximum atomic E-state index is 11.5. The van der Waals surface area contributed by atoms with Crippen LogP contribution in [-0.4, -0.2) is 24.0 Å². The van der Waals surface area contributed by atoms with Gasteiger partial charge in [-0.1, -0.05) is 41.9 Å². The summed E-state index contributed by atoms with van der Waals surface area (Å²) in [6, 6.07) is 9.20. The largest absolute Gasteiger partial charge is 0.464 e. The van der Waals surface area contributed by atoms with Crippen molar-refractivity contribution in [3.8, 4) is 0 Å². The van der Waals surface area contributed by atoms with Crippen molar-refractivity contribution in [3.63, 3.8) is 0 Å². The van der Waals surface area contributed by atoms with Crippen LogP contribution in [0.25, 0.3) is 0 Å². The van der Waals surface area contributed by atoms with E-state index in [4.69, 9.17) is 11.6 Å². The van der Waals surface area contributed by atoms with Crippen LogP contribution >= 0.6 is 11.6 Å². The summed E-state index contributed by atoms with van der Waals surface area (Å²) in [7, 11) is 0. The molecule has 1 atom stereocenters. The number of benzene rings is 1. The molecule has 0 radical (unpaired) electrons. The second-order valence-corrected chi connectivity index (χ2v) is 3.78. The molecule has 1 rings (SSSR count). The molecule has 1 aromatic carbocycles. The summed E-state index contributed by atoms with van der Waals surface area (Å²) in [4.78, 5) is 22.7. The van der Waals surface area contributed by atoms with E-state index < -0.39 is 11.5 Å². The van der Waals surface area contributed by atoms with E-state index in [1.807, 2.05) is 30.3 Å². The number of ether oxygens (including phenoxy) is 1. The molecule has 0 fully saturated rings. The highest BCUT2D eigenvalue weighted by Gasteiger charge is 2.18. The van der Waals surface area contributed by atoms with E-state index >= 15 is 0 Å². The number of carbonyl (C=O) groups is 2. The normalized spacial score (nSPS) is 11.6. The summed E-state index contributed by atoms with van der Waals surface area (Å²) >= 11 is 5.66. The Morgan fingerprint density at radius 3 is 2.59 bits per heavy atom. The number of nitrogens with one attached hydrogen (secondary N) is 1. The van der Waals surface area contributed by atoms with Crippen LogP contribution in [0.2, 0.25) is 0 Å². The topological polar surface area (TPSA) is 55.4 Å². The number of carbonyl (C=O) groups excluding carboxylic acids is 2. The number of hydrogen-bond acceptors (Lipinski definition) is 3. The predicted molar refractivity (Wildman–Crippen MR) is 64.6 cm³/mol. The molecule has 5 heteroatoms. The first-order chi connectivity index (χ1) is 8.13. The Morgan fingerprint density at radius 1 is 1.35 bits per heavy atom. The van der Waals surface area contributed by atoms with Crippen molar-refractivity contribution in [2.75, 3.05) is 6.61 Å². The number of alkyl halides is 1. The molecule has 0 spiro atoms. The second-order valence-electron chi connectivity index (χ2n) is 3.34. The fourth-order valence-electron chi connectivity index (χ4n) is 1.25. The molecular formula is C12H14ClNO3. The number of rotatable bonds is 5. The van der Waals surface area contributed by atoms with Gasteiger partial charge in [-0.3, -0.25) is 4.79 Å². The summed E-state index contributed by atoms with van der Waals surface area (Å²) in [6.07, 6.45) is 0.184. The molecule has 0 aliphatic heterocycles. The molecule has 0 aliphatic rings. The molecular weight excluding hydrogens is 242 g/mol.